The van der Waals surface area contributed by atoms with E-state index >= 15 is 0 Å². The lowest BCUT2D eigenvalue weighted by atomic mass is 9.44. The number of fused-ring (bicyclic) bond motifs is 9. The van der Waals surface area contributed by atoms with Gasteiger partial charge in [-0.15, -0.1) is 13.2 Å². The third kappa shape index (κ3) is 3.64. The predicted octanol–water partition coefficient (Wildman–Crippen LogP) is 8.15. The summed E-state index contributed by atoms with van der Waals surface area (Å²) in [6.45, 7) is 23.5. The fraction of sp³-hybridized carbons (Fsp3) is 0.611. The third-order valence-electron chi connectivity index (χ3n) is 11.4. The van der Waals surface area contributed by atoms with Gasteiger partial charge in [0.1, 0.15) is 23.6 Å². The van der Waals surface area contributed by atoms with Gasteiger partial charge in [0.15, 0.2) is 18.0 Å². The molecule has 6 unspecified atom stereocenters. The molecule has 1 spiro atoms. The number of nitrogens with one attached hydrogen (secondary N) is 1. The first-order chi connectivity index (χ1) is 19.6. The quantitative estimate of drug-likeness (QED) is 0.283. The minimum atomic E-state index is -0.465. The normalized spacial score (nSPS) is 42.0. The number of hydrogen-bond donors (Lipinski definition) is 1. The average Bonchev–Trinajstić information content (AvgIpc) is 3.49. The Bertz CT molecular complexity index is 1400. The van der Waals surface area contributed by atoms with Crippen LogP contribution in [0.15, 0.2) is 60.9 Å². The molecule has 0 amide bonds. The van der Waals surface area contributed by atoms with E-state index in [1.807, 2.05) is 13.8 Å². The number of aromatic nitrogens is 1. The number of epoxide rings is 1. The van der Waals surface area contributed by atoms with Crippen molar-refractivity contribution in [2.45, 2.75) is 122 Å². The Morgan fingerprint density at radius 3 is 2.46 bits per heavy atom. The molecule has 3 aliphatic carbocycles. The van der Waals surface area contributed by atoms with Crippen LogP contribution in [0.1, 0.15) is 85.9 Å². The first-order valence-corrected chi connectivity index (χ1v) is 15.7. The van der Waals surface area contributed by atoms with E-state index in [1.54, 1.807) is 5.56 Å². The molecule has 1 saturated carbocycles. The summed E-state index contributed by atoms with van der Waals surface area (Å²) < 4.78 is 26.6. The topological polar surface area (TPSA) is 56.0 Å². The molecule has 6 aliphatic rings. The van der Waals surface area contributed by atoms with Crippen LogP contribution in [0.4, 0.5) is 0 Å². The summed E-state index contributed by atoms with van der Waals surface area (Å²) in [4.78, 5) is 3.91. The molecule has 3 aliphatic heterocycles. The Hall–Kier alpha value is -2.34. The second-order valence-corrected chi connectivity index (χ2v) is 13.8. The molecule has 4 fully saturated rings. The van der Waals surface area contributed by atoms with Gasteiger partial charge in [-0.05, 0) is 88.5 Å². The number of allylic oxidation sites excluding steroid dienone is 2. The fourth-order valence-corrected chi connectivity index (χ4v) is 9.42. The van der Waals surface area contributed by atoms with Gasteiger partial charge in [-0.1, -0.05) is 51.5 Å². The summed E-state index contributed by atoms with van der Waals surface area (Å²) in [5.74, 6) is 2.08. The largest absolute Gasteiger partial charge is 0.486 e. The van der Waals surface area contributed by atoms with Crippen LogP contribution in [0.2, 0.25) is 0 Å². The molecule has 0 bridgehead atoms. The van der Waals surface area contributed by atoms with E-state index in [9.17, 15) is 0 Å². The van der Waals surface area contributed by atoms with Crippen molar-refractivity contribution in [1.82, 2.24) is 4.98 Å². The van der Waals surface area contributed by atoms with Crippen molar-refractivity contribution < 1.29 is 18.9 Å². The highest BCUT2D eigenvalue weighted by Crippen LogP contribution is 2.73. The van der Waals surface area contributed by atoms with Gasteiger partial charge in [-0.25, -0.2) is 0 Å². The SMILES string of the molecule is C=C.CC.CC(C)=CC1OC2C(OC3=CC[C@@]4(C)C(CC[C@H]5Cc6c([nH]c7ccccc67)[C@@]54C)C34OC24)C(C)(C)O1. The van der Waals surface area contributed by atoms with E-state index in [0.717, 1.165) is 12.2 Å². The highest BCUT2D eigenvalue weighted by atomic mass is 16.8. The summed E-state index contributed by atoms with van der Waals surface area (Å²) in [5, 5.41) is 1.41. The van der Waals surface area contributed by atoms with Crippen LogP contribution < -0.4 is 0 Å². The number of rotatable bonds is 1. The summed E-state index contributed by atoms with van der Waals surface area (Å²) in [7, 11) is 0. The van der Waals surface area contributed by atoms with Crippen LogP contribution in [-0.4, -0.2) is 40.8 Å². The van der Waals surface area contributed by atoms with Gasteiger partial charge in [0.2, 0.25) is 0 Å². The van der Waals surface area contributed by atoms with Crippen LogP contribution in [0.5, 0.6) is 0 Å². The zero-order valence-corrected chi connectivity index (χ0v) is 26.3. The minimum Gasteiger partial charge on any atom is -0.486 e. The lowest BCUT2D eigenvalue weighted by Crippen LogP contribution is -2.66. The summed E-state index contributed by atoms with van der Waals surface area (Å²) in [6, 6.07) is 8.85. The molecule has 9 atom stereocenters. The summed E-state index contributed by atoms with van der Waals surface area (Å²) >= 11 is 0. The van der Waals surface area contributed by atoms with Crippen LogP contribution in [0.25, 0.3) is 10.9 Å². The Morgan fingerprint density at radius 2 is 1.73 bits per heavy atom. The number of aromatic amines is 1. The monoisotopic (exact) mass is 559 g/mol. The van der Waals surface area contributed by atoms with Crippen LogP contribution in [0.3, 0.4) is 0 Å². The molecule has 41 heavy (non-hydrogen) atoms. The van der Waals surface area contributed by atoms with Crippen molar-refractivity contribution in [2.75, 3.05) is 0 Å². The van der Waals surface area contributed by atoms with Crippen molar-refractivity contribution >= 4 is 10.9 Å². The van der Waals surface area contributed by atoms with Crippen molar-refractivity contribution in [3.8, 4) is 0 Å². The summed E-state index contributed by atoms with van der Waals surface area (Å²) in [6.07, 6.45) is 8.36. The van der Waals surface area contributed by atoms with Gasteiger partial charge in [-0.3, -0.25) is 0 Å². The number of para-hydroxylation sites is 1. The Kier molecular flexibility index (Phi) is 6.73. The van der Waals surface area contributed by atoms with Gasteiger partial charge in [0.25, 0.3) is 0 Å². The molecular weight excluding hydrogens is 510 g/mol. The highest BCUT2D eigenvalue weighted by molar-refractivity contribution is 5.86. The maximum atomic E-state index is 6.86. The number of ether oxygens (including phenoxy) is 4. The minimum absolute atomic E-state index is 0.0158. The number of hydrogen-bond acceptors (Lipinski definition) is 4. The molecule has 8 rings (SSSR count). The van der Waals surface area contributed by atoms with Crippen molar-refractivity contribution in [3.63, 3.8) is 0 Å². The van der Waals surface area contributed by atoms with Gasteiger partial charge in [-0.2, -0.15) is 0 Å². The van der Waals surface area contributed by atoms with E-state index in [-0.39, 0.29) is 41.0 Å². The standard InChI is InChI=1S/C32H39NO4.C2H6.C2H4/c1-17(2)15-24-35-25-27(29(3,4)36-24)34-23-13-14-30(5)22(32(23)28(25)37-32)12-11-18-16-20-19-9-7-8-10-21(19)33-26(20)31(18,30)6;2*1-2/h7-10,13,15,18,22,24-25,27-28,33H,11-12,14,16H2,1-6H3;1-2H3;1-2H2/t18-,22?,24?,25?,27?,28?,30-,31+,32?;;/m0../s1. The Labute approximate surface area is 246 Å². The summed E-state index contributed by atoms with van der Waals surface area (Å²) in [5.41, 5.74) is 4.77. The lowest BCUT2D eigenvalue weighted by molar-refractivity contribution is -0.310. The van der Waals surface area contributed by atoms with Gasteiger partial charge in [0.05, 0.1) is 0 Å². The molecule has 1 aromatic carbocycles. The van der Waals surface area contributed by atoms with Crippen LogP contribution in [-0.2, 0) is 30.8 Å². The lowest BCUT2D eigenvalue weighted by Gasteiger charge is -2.60. The molecule has 0 radical (unpaired) electrons. The van der Waals surface area contributed by atoms with Crippen molar-refractivity contribution in [2.24, 2.45) is 17.3 Å². The van der Waals surface area contributed by atoms with E-state index in [4.69, 9.17) is 18.9 Å². The first kappa shape index (κ1) is 28.8. The van der Waals surface area contributed by atoms with Gasteiger partial charge in [0, 0.05) is 27.9 Å². The van der Waals surface area contributed by atoms with E-state index in [1.165, 1.54) is 41.4 Å². The molecule has 4 heterocycles. The van der Waals surface area contributed by atoms with Crippen LogP contribution >= 0.6 is 0 Å². The van der Waals surface area contributed by atoms with E-state index < -0.39 is 5.60 Å². The molecule has 3 saturated heterocycles. The van der Waals surface area contributed by atoms with Crippen molar-refractivity contribution in [1.29, 1.82) is 0 Å². The molecule has 1 N–H and O–H groups in total. The fourth-order valence-electron chi connectivity index (χ4n) is 9.42. The number of H-pyrrole nitrogens is 1. The maximum absolute atomic E-state index is 6.86. The zero-order valence-electron chi connectivity index (χ0n) is 26.3. The second kappa shape index (κ2) is 9.59. The first-order valence-electron chi connectivity index (χ1n) is 15.7. The number of benzene rings is 1. The maximum Gasteiger partial charge on any atom is 0.178 e. The second-order valence-electron chi connectivity index (χ2n) is 13.8. The Morgan fingerprint density at radius 1 is 1.00 bits per heavy atom. The molecule has 5 nitrogen and oxygen atoms in total. The van der Waals surface area contributed by atoms with Gasteiger partial charge >= 0.3 is 0 Å². The zero-order chi connectivity index (χ0) is 29.5. The van der Waals surface area contributed by atoms with Gasteiger partial charge < -0.3 is 23.9 Å². The highest BCUT2D eigenvalue weighted by Gasteiger charge is 2.80. The molecular formula is C36H49NO4. The predicted molar refractivity (Wildman–Crippen MR) is 165 cm³/mol. The average molecular weight is 560 g/mol. The smallest absolute Gasteiger partial charge is 0.178 e. The van der Waals surface area contributed by atoms with Crippen LogP contribution in [0, 0.1) is 17.3 Å². The van der Waals surface area contributed by atoms with E-state index in [0.29, 0.717) is 11.8 Å². The Balaban J connectivity index is 0.000000726. The van der Waals surface area contributed by atoms with E-state index in [2.05, 4.69) is 96.1 Å². The molecule has 222 valence electrons. The molecule has 2 aromatic rings. The molecule has 5 heteroatoms. The molecule has 1 aromatic heterocycles. The third-order valence-corrected chi connectivity index (χ3v) is 11.4. The van der Waals surface area contributed by atoms with Crippen molar-refractivity contribution in [3.05, 3.63) is 72.2 Å².